The van der Waals surface area contributed by atoms with Gasteiger partial charge in [-0.25, -0.2) is 0 Å². The van der Waals surface area contributed by atoms with Gasteiger partial charge in [0.25, 0.3) is 0 Å². The van der Waals surface area contributed by atoms with Crippen LogP contribution in [-0.2, 0) is 4.79 Å². The molecule has 1 saturated heterocycles. The van der Waals surface area contributed by atoms with E-state index in [1.807, 2.05) is 11.9 Å². The smallest absolute Gasteiger partial charge is 0.222 e. The number of carbonyl (C=O) groups excluding carboxylic acids is 1. The molecule has 1 amide bonds. The number of hydrogen-bond acceptors (Lipinski definition) is 1. The summed E-state index contributed by atoms with van der Waals surface area (Å²) in [5.74, 6) is 0.349. The highest BCUT2D eigenvalue weighted by Gasteiger charge is 2.07. The molecule has 1 aliphatic rings. The van der Waals surface area contributed by atoms with Gasteiger partial charge in [-0.15, -0.1) is 0 Å². The summed E-state index contributed by atoms with van der Waals surface area (Å²) in [6.45, 7) is 0.957. The lowest BCUT2D eigenvalue weighted by atomic mass is 10.0. The molecular formula is C16H31NO. The minimum Gasteiger partial charge on any atom is -0.346 e. The molecule has 1 rings (SSSR count). The number of rotatable bonds is 0. The molecule has 0 N–H and O–H groups in total. The quantitative estimate of drug-likeness (QED) is 0.621. The number of amides is 1. The van der Waals surface area contributed by atoms with Gasteiger partial charge in [0.15, 0.2) is 0 Å². The highest BCUT2D eigenvalue weighted by molar-refractivity contribution is 5.75. The van der Waals surface area contributed by atoms with Crippen molar-refractivity contribution >= 4 is 5.91 Å². The van der Waals surface area contributed by atoms with E-state index in [0.717, 1.165) is 19.4 Å². The lowest BCUT2D eigenvalue weighted by Crippen LogP contribution is -2.27. The molecule has 0 aromatic rings. The summed E-state index contributed by atoms with van der Waals surface area (Å²) in [7, 11) is 1.96. The molecule has 1 heterocycles. The summed E-state index contributed by atoms with van der Waals surface area (Å²) in [4.78, 5) is 13.8. The maximum Gasteiger partial charge on any atom is 0.222 e. The zero-order valence-electron chi connectivity index (χ0n) is 12.3. The Kier molecular flexibility index (Phi) is 8.97. The second kappa shape index (κ2) is 10.4. The first-order chi connectivity index (χ1) is 8.80. The molecule has 18 heavy (non-hydrogen) atoms. The molecule has 2 heteroatoms. The van der Waals surface area contributed by atoms with Crippen LogP contribution >= 0.6 is 0 Å². The van der Waals surface area contributed by atoms with Crippen LogP contribution in [-0.4, -0.2) is 24.4 Å². The molecule has 106 valence electrons. The maximum absolute atomic E-state index is 11.8. The SMILES string of the molecule is CN1CCCCCCCCCCCCCCC1=O. The van der Waals surface area contributed by atoms with E-state index in [0.29, 0.717) is 5.91 Å². The number of carbonyl (C=O) groups is 1. The highest BCUT2D eigenvalue weighted by atomic mass is 16.2. The maximum atomic E-state index is 11.8. The zero-order chi connectivity index (χ0) is 13.1. The van der Waals surface area contributed by atoms with Crippen LogP contribution in [0.1, 0.15) is 83.5 Å². The fourth-order valence-electron chi connectivity index (χ4n) is 2.71. The molecule has 0 aromatic carbocycles. The number of nitrogens with zero attached hydrogens (tertiary/aromatic N) is 1. The fraction of sp³-hybridized carbons (Fsp3) is 0.938. The third-order valence-corrected chi connectivity index (χ3v) is 4.06. The fourth-order valence-corrected chi connectivity index (χ4v) is 2.71. The van der Waals surface area contributed by atoms with Gasteiger partial charge in [0.05, 0.1) is 0 Å². The summed E-state index contributed by atoms with van der Waals surface area (Å²) in [6.07, 6.45) is 16.6. The van der Waals surface area contributed by atoms with Crippen LogP contribution in [0.25, 0.3) is 0 Å². The van der Waals surface area contributed by atoms with E-state index in [-0.39, 0.29) is 0 Å². The number of hydrogen-bond donors (Lipinski definition) is 0. The normalized spacial score (nSPS) is 22.9. The average molecular weight is 253 g/mol. The molecule has 0 saturated carbocycles. The summed E-state index contributed by atoms with van der Waals surface area (Å²) >= 11 is 0. The molecule has 0 radical (unpaired) electrons. The largest absolute Gasteiger partial charge is 0.346 e. The van der Waals surface area contributed by atoms with Crippen LogP contribution in [0.3, 0.4) is 0 Å². The van der Waals surface area contributed by atoms with Gasteiger partial charge in [-0.3, -0.25) is 4.79 Å². The van der Waals surface area contributed by atoms with Gasteiger partial charge in [0, 0.05) is 20.0 Å². The van der Waals surface area contributed by atoms with E-state index in [1.54, 1.807) is 0 Å². The molecule has 0 atom stereocenters. The first-order valence-corrected chi connectivity index (χ1v) is 8.04. The molecule has 0 aromatic heterocycles. The van der Waals surface area contributed by atoms with Crippen molar-refractivity contribution in [2.45, 2.75) is 83.5 Å². The van der Waals surface area contributed by atoms with Gasteiger partial charge < -0.3 is 4.90 Å². The van der Waals surface area contributed by atoms with Crippen molar-refractivity contribution in [2.75, 3.05) is 13.6 Å². The standard InChI is InChI=1S/C16H31NO/c1-17-15-13-11-9-7-5-3-2-4-6-8-10-12-14-16(17)18/h2-15H2,1H3. The lowest BCUT2D eigenvalue weighted by molar-refractivity contribution is -0.130. The molecule has 1 fully saturated rings. The van der Waals surface area contributed by atoms with Crippen molar-refractivity contribution in [1.29, 1.82) is 0 Å². The Balaban J connectivity index is 2.22. The second-order valence-corrected chi connectivity index (χ2v) is 5.81. The Hall–Kier alpha value is -0.530. The Labute approximate surface area is 113 Å². The minimum absolute atomic E-state index is 0.349. The second-order valence-electron chi connectivity index (χ2n) is 5.81. The van der Waals surface area contributed by atoms with Crippen LogP contribution in [0.4, 0.5) is 0 Å². The molecule has 0 spiro atoms. The van der Waals surface area contributed by atoms with Gasteiger partial charge in [0.1, 0.15) is 0 Å². The summed E-state index contributed by atoms with van der Waals surface area (Å²) in [5.41, 5.74) is 0. The first-order valence-electron chi connectivity index (χ1n) is 8.04. The predicted molar refractivity (Wildman–Crippen MR) is 77.7 cm³/mol. The van der Waals surface area contributed by atoms with Gasteiger partial charge in [-0.1, -0.05) is 64.2 Å². The Morgan fingerprint density at radius 3 is 1.56 bits per heavy atom. The van der Waals surface area contributed by atoms with Crippen LogP contribution in [0.15, 0.2) is 0 Å². The van der Waals surface area contributed by atoms with Crippen molar-refractivity contribution in [3.63, 3.8) is 0 Å². The summed E-state index contributed by atoms with van der Waals surface area (Å²) < 4.78 is 0. The molecule has 0 unspecified atom stereocenters. The van der Waals surface area contributed by atoms with Gasteiger partial charge in [-0.2, -0.15) is 0 Å². The van der Waals surface area contributed by atoms with E-state index >= 15 is 0 Å². The van der Waals surface area contributed by atoms with Gasteiger partial charge >= 0.3 is 0 Å². The Morgan fingerprint density at radius 2 is 1.06 bits per heavy atom. The van der Waals surface area contributed by atoms with Gasteiger partial charge in [-0.05, 0) is 12.8 Å². The summed E-state index contributed by atoms with van der Waals surface area (Å²) in [6, 6.07) is 0. The third kappa shape index (κ3) is 7.73. The lowest BCUT2D eigenvalue weighted by Gasteiger charge is -2.17. The molecule has 0 aliphatic carbocycles. The van der Waals surface area contributed by atoms with E-state index in [1.165, 1.54) is 70.6 Å². The summed E-state index contributed by atoms with van der Waals surface area (Å²) in [5, 5.41) is 0. The topological polar surface area (TPSA) is 20.3 Å². The molecule has 1 aliphatic heterocycles. The van der Waals surface area contributed by atoms with Crippen molar-refractivity contribution in [1.82, 2.24) is 4.90 Å². The van der Waals surface area contributed by atoms with Crippen molar-refractivity contribution in [3.8, 4) is 0 Å². The Bertz CT molecular complexity index is 215. The average Bonchev–Trinajstić information content (AvgIpc) is 2.37. The first kappa shape index (κ1) is 15.5. The van der Waals surface area contributed by atoms with Crippen LogP contribution < -0.4 is 0 Å². The molecular weight excluding hydrogens is 222 g/mol. The van der Waals surface area contributed by atoms with Crippen molar-refractivity contribution in [2.24, 2.45) is 0 Å². The minimum atomic E-state index is 0.349. The molecule has 2 nitrogen and oxygen atoms in total. The van der Waals surface area contributed by atoms with Crippen LogP contribution in [0.2, 0.25) is 0 Å². The van der Waals surface area contributed by atoms with E-state index in [2.05, 4.69) is 0 Å². The Morgan fingerprint density at radius 1 is 0.667 bits per heavy atom. The van der Waals surface area contributed by atoms with E-state index < -0.39 is 0 Å². The van der Waals surface area contributed by atoms with Gasteiger partial charge in [0.2, 0.25) is 5.91 Å². The van der Waals surface area contributed by atoms with Crippen molar-refractivity contribution < 1.29 is 4.79 Å². The monoisotopic (exact) mass is 253 g/mol. The van der Waals surface area contributed by atoms with Crippen LogP contribution in [0.5, 0.6) is 0 Å². The predicted octanol–water partition coefficient (Wildman–Crippen LogP) is 4.53. The van der Waals surface area contributed by atoms with E-state index in [9.17, 15) is 4.79 Å². The zero-order valence-corrected chi connectivity index (χ0v) is 12.3. The van der Waals surface area contributed by atoms with Crippen molar-refractivity contribution in [3.05, 3.63) is 0 Å². The van der Waals surface area contributed by atoms with E-state index in [4.69, 9.17) is 0 Å². The van der Waals surface area contributed by atoms with Crippen LogP contribution in [0, 0.1) is 0 Å². The molecule has 0 bridgehead atoms. The third-order valence-electron chi connectivity index (χ3n) is 4.06. The highest BCUT2D eigenvalue weighted by Crippen LogP contribution is 2.13.